The van der Waals surface area contributed by atoms with Gasteiger partial charge in [0.2, 0.25) is 0 Å². The highest BCUT2D eigenvalue weighted by Crippen LogP contribution is 2.28. The van der Waals surface area contributed by atoms with Gasteiger partial charge in [-0.2, -0.15) is 0 Å². The summed E-state index contributed by atoms with van der Waals surface area (Å²) in [6.45, 7) is 4.13. The van der Waals surface area contributed by atoms with Crippen LogP contribution in [0, 0.1) is 13.8 Å². The number of benzene rings is 2. The molecule has 27 heavy (non-hydrogen) atoms. The monoisotopic (exact) mass is 353 g/mol. The third-order valence-corrected chi connectivity index (χ3v) is 4.54. The van der Waals surface area contributed by atoms with Gasteiger partial charge in [0.25, 0.3) is 5.91 Å². The van der Waals surface area contributed by atoms with Crippen LogP contribution in [0.3, 0.4) is 0 Å². The van der Waals surface area contributed by atoms with E-state index in [0.717, 1.165) is 27.7 Å². The van der Waals surface area contributed by atoms with Crippen molar-refractivity contribution in [2.24, 2.45) is 0 Å². The van der Waals surface area contributed by atoms with Gasteiger partial charge in [0.15, 0.2) is 0 Å². The average molecular weight is 353 g/mol. The molecule has 1 N–H and O–H groups in total. The number of amides is 1. The number of carbonyl (C=O) groups excluding carboxylic acids is 1. The first-order chi connectivity index (χ1) is 13.1. The Hall–Kier alpha value is -3.53. The first kappa shape index (κ1) is 16.9. The highest BCUT2D eigenvalue weighted by molar-refractivity contribution is 6.13. The molecule has 0 saturated heterocycles. The van der Waals surface area contributed by atoms with Crippen molar-refractivity contribution in [1.82, 2.24) is 9.97 Å². The van der Waals surface area contributed by atoms with Crippen LogP contribution in [0.2, 0.25) is 0 Å². The zero-order valence-electron chi connectivity index (χ0n) is 15.2. The van der Waals surface area contributed by atoms with Crippen LogP contribution in [-0.4, -0.2) is 15.9 Å². The summed E-state index contributed by atoms with van der Waals surface area (Å²) in [6, 6.07) is 19.4. The molecule has 132 valence electrons. The highest BCUT2D eigenvalue weighted by Gasteiger charge is 2.15. The van der Waals surface area contributed by atoms with Gasteiger partial charge in [0.1, 0.15) is 0 Å². The number of para-hydroxylation sites is 1. The van der Waals surface area contributed by atoms with Crippen molar-refractivity contribution in [2.75, 3.05) is 5.32 Å². The molecule has 0 bridgehead atoms. The fourth-order valence-electron chi connectivity index (χ4n) is 3.24. The number of fused-ring (bicyclic) bond motifs is 1. The Labute approximate surface area is 157 Å². The Bertz CT molecular complexity index is 1140. The number of rotatable bonds is 3. The van der Waals surface area contributed by atoms with Gasteiger partial charge < -0.3 is 5.32 Å². The molecular formula is C23H19N3O. The van der Waals surface area contributed by atoms with Gasteiger partial charge in [-0.25, -0.2) is 4.98 Å². The van der Waals surface area contributed by atoms with Crippen LogP contribution in [0.5, 0.6) is 0 Å². The van der Waals surface area contributed by atoms with Crippen LogP contribution in [0.1, 0.15) is 21.5 Å². The maximum absolute atomic E-state index is 13.0. The van der Waals surface area contributed by atoms with E-state index in [1.165, 1.54) is 5.56 Å². The second kappa shape index (κ2) is 7.00. The van der Waals surface area contributed by atoms with E-state index in [1.54, 1.807) is 18.5 Å². The number of nitrogens with zero attached hydrogens (tertiary/aromatic N) is 2. The molecular weight excluding hydrogens is 334 g/mol. The van der Waals surface area contributed by atoms with E-state index in [9.17, 15) is 4.79 Å². The molecule has 0 aliphatic heterocycles. The molecule has 0 spiro atoms. The fourth-order valence-corrected chi connectivity index (χ4v) is 3.24. The maximum Gasteiger partial charge on any atom is 0.256 e. The predicted molar refractivity (Wildman–Crippen MR) is 109 cm³/mol. The maximum atomic E-state index is 13.0. The SMILES string of the molecule is Cc1ccc(-c2cc(C(=O)Nc3cccnc3)c3ccccc3n2)c(C)c1. The van der Waals surface area contributed by atoms with E-state index in [0.29, 0.717) is 11.3 Å². The van der Waals surface area contributed by atoms with Gasteiger partial charge >= 0.3 is 0 Å². The summed E-state index contributed by atoms with van der Waals surface area (Å²) in [4.78, 5) is 21.8. The molecule has 4 nitrogen and oxygen atoms in total. The lowest BCUT2D eigenvalue weighted by molar-refractivity contribution is 0.102. The normalized spacial score (nSPS) is 10.7. The van der Waals surface area contributed by atoms with Gasteiger partial charge in [0.05, 0.1) is 28.7 Å². The Kier molecular flexibility index (Phi) is 4.38. The van der Waals surface area contributed by atoms with E-state index < -0.39 is 0 Å². The zero-order chi connectivity index (χ0) is 18.8. The van der Waals surface area contributed by atoms with E-state index in [1.807, 2.05) is 36.4 Å². The molecule has 0 unspecified atom stereocenters. The second-order valence-electron chi connectivity index (χ2n) is 6.59. The third-order valence-electron chi connectivity index (χ3n) is 4.54. The zero-order valence-corrected chi connectivity index (χ0v) is 15.2. The van der Waals surface area contributed by atoms with Crippen LogP contribution in [-0.2, 0) is 0 Å². The van der Waals surface area contributed by atoms with Gasteiger partial charge in [-0.1, -0.05) is 42.0 Å². The lowest BCUT2D eigenvalue weighted by atomic mass is 9.99. The summed E-state index contributed by atoms with van der Waals surface area (Å²) in [5.41, 5.74) is 6.22. The lowest BCUT2D eigenvalue weighted by Gasteiger charge is -2.12. The van der Waals surface area contributed by atoms with Gasteiger partial charge in [-0.05, 0) is 43.7 Å². The van der Waals surface area contributed by atoms with Gasteiger partial charge in [0, 0.05) is 17.1 Å². The van der Waals surface area contributed by atoms with Crippen LogP contribution in [0.25, 0.3) is 22.2 Å². The molecule has 0 aliphatic carbocycles. The van der Waals surface area contributed by atoms with Gasteiger partial charge in [-0.3, -0.25) is 9.78 Å². The highest BCUT2D eigenvalue weighted by atomic mass is 16.1. The quantitative estimate of drug-likeness (QED) is 0.553. The lowest BCUT2D eigenvalue weighted by Crippen LogP contribution is -2.13. The molecule has 2 aromatic heterocycles. The van der Waals surface area contributed by atoms with E-state index in [2.05, 4.69) is 42.3 Å². The number of carbonyl (C=O) groups is 1. The fraction of sp³-hybridized carbons (Fsp3) is 0.0870. The Morgan fingerprint density at radius 1 is 0.963 bits per heavy atom. The molecule has 2 aromatic carbocycles. The van der Waals surface area contributed by atoms with Crippen molar-refractivity contribution in [1.29, 1.82) is 0 Å². The molecule has 4 rings (SSSR count). The Morgan fingerprint density at radius 3 is 2.59 bits per heavy atom. The third kappa shape index (κ3) is 3.42. The number of hydrogen-bond acceptors (Lipinski definition) is 3. The van der Waals surface area contributed by atoms with Crippen molar-refractivity contribution < 1.29 is 4.79 Å². The largest absolute Gasteiger partial charge is 0.321 e. The van der Waals surface area contributed by atoms with E-state index in [-0.39, 0.29) is 5.91 Å². The summed E-state index contributed by atoms with van der Waals surface area (Å²) >= 11 is 0. The molecule has 2 heterocycles. The summed E-state index contributed by atoms with van der Waals surface area (Å²) in [5, 5.41) is 3.75. The summed E-state index contributed by atoms with van der Waals surface area (Å²) < 4.78 is 0. The van der Waals surface area contributed by atoms with Crippen LogP contribution < -0.4 is 5.32 Å². The van der Waals surface area contributed by atoms with Crippen LogP contribution in [0.15, 0.2) is 73.1 Å². The number of hydrogen-bond donors (Lipinski definition) is 1. The topological polar surface area (TPSA) is 54.9 Å². The van der Waals surface area contributed by atoms with Crippen molar-refractivity contribution in [3.05, 3.63) is 89.7 Å². The minimum Gasteiger partial charge on any atom is -0.321 e. The molecule has 0 radical (unpaired) electrons. The first-order valence-electron chi connectivity index (χ1n) is 8.80. The number of anilines is 1. The Morgan fingerprint density at radius 2 is 1.81 bits per heavy atom. The summed E-state index contributed by atoms with van der Waals surface area (Å²) in [5.74, 6) is -0.174. The minimum absolute atomic E-state index is 0.174. The standard InChI is InChI=1S/C23H19N3O/c1-15-9-10-18(16(2)12-15)22-13-20(19-7-3-4-8-21(19)26-22)23(27)25-17-6-5-11-24-14-17/h3-14H,1-2H3,(H,25,27). The second-order valence-corrected chi connectivity index (χ2v) is 6.59. The number of aryl methyl sites for hydroxylation is 2. The molecule has 1 amide bonds. The molecule has 0 aliphatic rings. The number of pyridine rings is 2. The molecule has 0 saturated carbocycles. The molecule has 4 aromatic rings. The molecule has 0 atom stereocenters. The average Bonchev–Trinajstić information content (AvgIpc) is 2.68. The van der Waals surface area contributed by atoms with E-state index >= 15 is 0 Å². The van der Waals surface area contributed by atoms with Crippen molar-refractivity contribution in [3.63, 3.8) is 0 Å². The summed E-state index contributed by atoms with van der Waals surface area (Å²) in [6.07, 6.45) is 3.31. The number of aromatic nitrogens is 2. The van der Waals surface area contributed by atoms with Gasteiger partial charge in [-0.15, -0.1) is 0 Å². The minimum atomic E-state index is -0.174. The van der Waals surface area contributed by atoms with Crippen molar-refractivity contribution in [2.45, 2.75) is 13.8 Å². The van der Waals surface area contributed by atoms with E-state index in [4.69, 9.17) is 4.98 Å². The van der Waals surface area contributed by atoms with Crippen molar-refractivity contribution >= 4 is 22.5 Å². The van der Waals surface area contributed by atoms with Crippen LogP contribution >= 0.6 is 0 Å². The predicted octanol–water partition coefficient (Wildman–Crippen LogP) is 5.17. The molecule has 4 heteroatoms. The molecule has 0 fully saturated rings. The summed E-state index contributed by atoms with van der Waals surface area (Å²) in [7, 11) is 0. The smallest absolute Gasteiger partial charge is 0.256 e. The number of nitrogens with one attached hydrogen (secondary N) is 1. The first-order valence-corrected chi connectivity index (χ1v) is 8.80. The van der Waals surface area contributed by atoms with Crippen molar-refractivity contribution in [3.8, 4) is 11.3 Å². The Balaban J connectivity index is 1.85. The van der Waals surface area contributed by atoms with Crippen LogP contribution in [0.4, 0.5) is 5.69 Å².